The molecule has 0 bridgehead atoms. The van der Waals surface area contributed by atoms with Gasteiger partial charge >= 0.3 is 0 Å². The van der Waals surface area contributed by atoms with Gasteiger partial charge in [-0.05, 0) is 12.1 Å². The highest BCUT2D eigenvalue weighted by molar-refractivity contribution is 5.76. The molecule has 0 spiro atoms. The Hall–Kier alpha value is -2.81. The van der Waals surface area contributed by atoms with Gasteiger partial charge in [0.15, 0.2) is 0 Å². The molecule has 0 unspecified atom stereocenters. The van der Waals surface area contributed by atoms with Crippen LogP contribution in [-0.4, -0.2) is 41.8 Å². The van der Waals surface area contributed by atoms with Gasteiger partial charge in [-0.1, -0.05) is 0 Å². The van der Waals surface area contributed by atoms with Gasteiger partial charge in [0.2, 0.25) is 5.91 Å². The predicted molar refractivity (Wildman–Crippen MR) is 85.7 cm³/mol. The highest BCUT2D eigenvalue weighted by Crippen LogP contribution is 2.17. The molecule has 0 radical (unpaired) electrons. The van der Waals surface area contributed by atoms with Crippen molar-refractivity contribution in [3.63, 3.8) is 0 Å². The molecule has 132 valence electrons. The van der Waals surface area contributed by atoms with Crippen LogP contribution in [0.2, 0.25) is 0 Å². The first-order valence-corrected chi connectivity index (χ1v) is 7.64. The molecule has 1 amide bonds. The van der Waals surface area contributed by atoms with Gasteiger partial charge in [-0.2, -0.15) is 0 Å². The summed E-state index contributed by atoms with van der Waals surface area (Å²) < 4.78 is 33.3. The first-order chi connectivity index (χ1) is 11.9. The smallest absolute Gasteiger partial charge is 0.260 e. The van der Waals surface area contributed by atoms with Crippen molar-refractivity contribution >= 4 is 11.7 Å². The SMILES string of the molecule is NC(=O)Cc1nc(N2CCOCC2)cc(=O)n1-c1cc(F)cc(F)c1. The van der Waals surface area contributed by atoms with Crippen molar-refractivity contribution < 1.29 is 18.3 Å². The minimum Gasteiger partial charge on any atom is -0.378 e. The van der Waals surface area contributed by atoms with Gasteiger partial charge in [0.25, 0.3) is 5.56 Å². The van der Waals surface area contributed by atoms with Gasteiger partial charge in [0.05, 0.1) is 25.3 Å². The van der Waals surface area contributed by atoms with Crippen LogP contribution in [0.25, 0.3) is 5.69 Å². The molecule has 1 aromatic heterocycles. The number of anilines is 1. The largest absolute Gasteiger partial charge is 0.378 e. The van der Waals surface area contributed by atoms with E-state index in [-0.39, 0.29) is 17.9 Å². The number of amides is 1. The van der Waals surface area contributed by atoms with Gasteiger partial charge in [0.1, 0.15) is 23.3 Å². The third-order valence-corrected chi connectivity index (χ3v) is 3.75. The van der Waals surface area contributed by atoms with Gasteiger partial charge in [-0.15, -0.1) is 0 Å². The Labute approximate surface area is 141 Å². The van der Waals surface area contributed by atoms with Gasteiger partial charge in [0, 0.05) is 25.2 Å². The minimum absolute atomic E-state index is 0.0199. The fraction of sp³-hybridized carbons (Fsp3) is 0.312. The first-order valence-electron chi connectivity index (χ1n) is 7.64. The summed E-state index contributed by atoms with van der Waals surface area (Å²) in [7, 11) is 0. The van der Waals surface area contributed by atoms with Crippen LogP contribution in [-0.2, 0) is 16.0 Å². The molecular formula is C16H16F2N4O3. The lowest BCUT2D eigenvalue weighted by Gasteiger charge is -2.28. The van der Waals surface area contributed by atoms with Crippen molar-refractivity contribution in [1.29, 1.82) is 0 Å². The van der Waals surface area contributed by atoms with Crippen LogP contribution >= 0.6 is 0 Å². The lowest BCUT2D eigenvalue weighted by atomic mass is 10.2. The summed E-state index contributed by atoms with van der Waals surface area (Å²) in [6, 6.07) is 3.94. The molecule has 3 rings (SSSR count). The van der Waals surface area contributed by atoms with Crippen LogP contribution in [0.4, 0.5) is 14.6 Å². The number of nitrogens with two attached hydrogens (primary N) is 1. The van der Waals surface area contributed by atoms with Crippen molar-refractivity contribution in [2.45, 2.75) is 6.42 Å². The summed E-state index contributed by atoms with van der Waals surface area (Å²) >= 11 is 0. The summed E-state index contributed by atoms with van der Waals surface area (Å²) in [6.45, 7) is 2.07. The lowest BCUT2D eigenvalue weighted by molar-refractivity contribution is -0.117. The number of ether oxygens (including phenoxy) is 1. The van der Waals surface area contributed by atoms with E-state index in [1.165, 1.54) is 6.07 Å². The molecule has 0 aliphatic carbocycles. The molecule has 1 fully saturated rings. The van der Waals surface area contributed by atoms with Crippen molar-refractivity contribution in [1.82, 2.24) is 9.55 Å². The molecule has 2 heterocycles. The Morgan fingerprint density at radius 3 is 2.40 bits per heavy atom. The van der Waals surface area contributed by atoms with E-state index in [1.807, 2.05) is 4.90 Å². The summed E-state index contributed by atoms with van der Waals surface area (Å²) in [5.41, 5.74) is 4.62. The van der Waals surface area contributed by atoms with E-state index >= 15 is 0 Å². The van der Waals surface area contributed by atoms with E-state index in [2.05, 4.69) is 4.98 Å². The molecule has 0 saturated carbocycles. The van der Waals surface area contributed by atoms with Crippen LogP contribution in [0.1, 0.15) is 5.82 Å². The third kappa shape index (κ3) is 3.82. The van der Waals surface area contributed by atoms with Gasteiger partial charge in [-0.25, -0.2) is 13.8 Å². The van der Waals surface area contributed by atoms with Gasteiger partial charge in [-0.3, -0.25) is 14.2 Å². The number of halogens is 2. The number of nitrogens with zero attached hydrogens (tertiary/aromatic N) is 3. The van der Waals surface area contributed by atoms with Crippen LogP contribution in [0.3, 0.4) is 0 Å². The average molecular weight is 350 g/mol. The molecule has 7 nitrogen and oxygen atoms in total. The van der Waals surface area contributed by atoms with Gasteiger partial charge < -0.3 is 15.4 Å². The highest BCUT2D eigenvalue weighted by atomic mass is 19.1. The standard InChI is InChI=1S/C16H16F2N4O3/c17-10-5-11(18)7-12(6-10)22-15(8-13(19)23)20-14(9-16(22)24)21-1-3-25-4-2-21/h5-7,9H,1-4,8H2,(H2,19,23). The van der Waals surface area contributed by atoms with E-state index in [4.69, 9.17) is 10.5 Å². The Balaban J connectivity index is 2.13. The molecule has 1 aliphatic heterocycles. The topological polar surface area (TPSA) is 90.5 Å². The molecule has 2 N–H and O–H groups in total. The Kier molecular flexibility index (Phi) is 4.75. The maximum absolute atomic E-state index is 13.5. The molecule has 1 aromatic carbocycles. The van der Waals surface area contributed by atoms with E-state index in [9.17, 15) is 18.4 Å². The van der Waals surface area contributed by atoms with E-state index in [0.29, 0.717) is 38.2 Å². The lowest BCUT2D eigenvalue weighted by Crippen LogP contribution is -2.38. The van der Waals surface area contributed by atoms with Crippen molar-refractivity contribution in [3.05, 3.63) is 52.1 Å². The number of aromatic nitrogens is 2. The zero-order valence-corrected chi connectivity index (χ0v) is 13.2. The number of benzene rings is 1. The predicted octanol–water partition coefficient (Wildman–Crippen LogP) is 0.375. The Morgan fingerprint density at radius 2 is 1.80 bits per heavy atom. The van der Waals surface area contributed by atoms with Crippen molar-refractivity contribution in [2.24, 2.45) is 5.73 Å². The molecule has 2 aromatic rings. The molecule has 1 aliphatic rings. The maximum atomic E-state index is 13.5. The van der Waals surface area contributed by atoms with Crippen LogP contribution < -0.4 is 16.2 Å². The Bertz CT molecular complexity index is 843. The van der Waals surface area contributed by atoms with Crippen molar-refractivity contribution in [3.8, 4) is 5.69 Å². The number of rotatable bonds is 4. The zero-order valence-electron chi connectivity index (χ0n) is 13.2. The second-order valence-electron chi connectivity index (χ2n) is 5.57. The number of morpholine rings is 1. The second kappa shape index (κ2) is 6.98. The molecule has 9 heteroatoms. The van der Waals surface area contributed by atoms with Crippen molar-refractivity contribution in [2.75, 3.05) is 31.2 Å². The third-order valence-electron chi connectivity index (χ3n) is 3.75. The zero-order chi connectivity index (χ0) is 18.0. The summed E-state index contributed by atoms with van der Waals surface area (Å²) in [5.74, 6) is -2.01. The molecule has 1 saturated heterocycles. The Morgan fingerprint density at radius 1 is 1.16 bits per heavy atom. The number of carbonyl (C=O) groups excluding carboxylic acids is 1. The summed E-state index contributed by atoms with van der Waals surface area (Å²) in [5, 5.41) is 0. The monoisotopic (exact) mass is 350 g/mol. The number of carbonyl (C=O) groups is 1. The van der Waals surface area contributed by atoms with E-state index in [0.717, 1.165) is 16.7 Å². The normalized spacial score (nSPS) is 14.6. The summed E-state index contributed by atoms with van der Waals surface area (Å²) in [4.78, 5) is 30.1. The highest BCUT2D eigenvalue weighted by Gasteiger charge is 2.19. The summed E-state index contributed by atoms with van der Waals surface area (Å²) in [6.07, 6.45) is -0.342. The number of hydrogen-bond donors (Lipinski definition) is 1. The fourth-order valence-electron chi connectivity index (χ4n) is 2.69. The number of hydrogen-bond acceptors (Lipinski definition) is 5. The average Bonchev–Trinajstić information content (AvgIpc) is 2.53. The maximum Gasteiger partial charge on any atom is 0.260 e. The minimum atomic E-state index is -0.843. The number of primary amides is 1. The fourth-order valence-corrected chi connectivity index (χ4v) is 2.69. The molecular weight excluding hydrogens is 334 g/mol. The van der Waals surface area contributed by atoms with Crippen LogP contribution in [0.15, 0.2) is 29.1 Å². The quantitative estimate of drug-likeness (QED) is 0.861. The molecule has 25 heavy (non-hydrogen) atoms. The first kappa shape index (κ1) is 17.0. The molecule has 0 atom stereocenters. The van der Waals surface area contributed by atoms with Crippen LogP contribution in [0.5, 0.6) is 0 Å². The van der Waals surface area contributed by atoms with Crippen LogP contribution in [0, 0.1) is 11.6 Å². The second-order valence-corrected chi connectivity index (χ2v) is 5.57. The van der Waals surface area contributed by atoms with E-state index in [1.54, 1.807) is 0 Å². The van der Waals surface area contributed by atoms with E-state index < -0.39 is 23.1 Å².